The number of nitrogens with two attached hydrogens (primary N) is 1. The smallest absolute Gasteiger partial charge is 0.405 e. The van der Waals surface area contributed by atoms with Gasteiger partial charge in [0.1, 0.15) is 17.8 Å². The summed E-state index contributed by atoms with van der Waals surface area (Å²) in [7, 11) is 0. The van der Waals surface area contributed by atoms with Crippen molar-refractivity contribution in [2.75, 3.05) is 5.73 Å². The van der Waals surface area contributed by atoms with Gasteiger partial charge in [0.2, 0.25) is 0 Å². The molecule has 1 aliphatic carbocycles. The van der Waals surface area contributed by atoms with E-state index in [9.17, 15) is 4.79 Å². The molecule has 116 valence electrons. The average molecular weight is 366 g/mol. The topological polar surface area (TPSA) is 106 Å². The van der Waals surface area contributed by atoms with Crippen LogP contribution in [0.25, 0.3) is 11.0 Å². The van der Waals surface area contributed by atoms with Crippen LogP contribution in [0.4, 0.5) is 10.6 Å². The molecule has 0 bridgehead atoms. The Labute approximate surface area is 135 Å². The molecule has 8 heteroatoms. The summed E-state index contributed by atoms with van der Waals surface area (Å²) in [5.41, 5.74) is 7.86. The van der Waals surface area contributed by atoms with Gasteiger partial charge >= 0.3 is 6.09 Å². The van der Waals surface area contributed by atoms with E-state index in [-0.39, 0.29) is 0 Å². The van der Waals surface area contributed by atoms with Crippen LogP contribution < -0.4 is 11.1 Å². The highest BCUT2D eigenvalue weighted by molar-refractivity contribution is 9.10. The Morgan fingerprint density at radius 1 is 1.64 bits per heavy atom. The van der Waals surface area contributed by atoms with Crippen LogP contribution in [0.15, 0.2) is 23.6 Å². The zero-order valence-corrected chi connectivity index (χ0v) is 13.4. The van der Waals surface area contributed by atoms with E-state index in [0.717, 1.165) is 28.4 Å². The lowest BCUT2D eigenvalue weighted by Crippen LogP contribution is -2.35. The Morgan fingerprint density at radius 3 is 2.95 bits per heavy atom. The number of anilines is 1. The summed E-state index contributed by atoms with van der Waals surface area (Å²) >= 11 is 3.62. The molecule has 3 rings (SSSR count). The van der Waals surface area contributed by atoms with E-state index in [1.165, 1.54) is 6.33 Å². The van der Waals surface area contributed by atoms with Gasteiger partial charge in [-0.3, -0.25) is 0 Å². The summed E-state index contributed by atoms with van der Waals surface area (Å²) in [4.78, 5) is 19.3. The number of hydrogen-bond donors (Lipinski definition) is 3. The summed E-state index contributed by atoms with van der Waals surface area (Å²) in [6.07, 6.45) is 4.13. The van der Waals surface area contributed by atoms with Gasteiger partial charge in [0.05, 0.1) is 16.0 Å². The van der Waals surface area contributed by atoms with Crippen LogP contribution in [0.2, 0.25) is 0 Å². The average Bonchev–Trinajstić information content (AvgIpc) is 3.25. The van der Waals surface area contributed by atoms with E-state index in [4.69, 9.17) is 10.8 Å². The number of hydrogen-bond acceptors (Lipinski definition) is 4. The number of rotatable bonds is 5. The zero-order chi connectivity index (χ0) is 15.9. The minimum Gasteiger partial charge on any atom is -0.465 e. The van der Waals surface area contributed by atoms with Gasteiger partial charge in [-0.2, -0.15) is 0 Å². The maximum atomic E-state index is 10.9. The number of halogens is 1. The van der Waals surface area contributed by atoms with Gasteiger partial charge in [-0.1, -0.05) is 6.08 Å². The number of fused-ring (bicyclic) bond motifs is 1. The van der Waals surface area contributed by atoms with Gasteiger partial charge < -0.3 is 20.7 Å². The molecular formula is C14H16BrN5O2. The number of nitrogen functional groups attached to an aromatic ring is 1. The zero-order valence-electron chi connectivity index (χ0n) is 11.8. The molecule has 0 aliphatic heterocycles. The highest BCUT2D eigenvalue weighted by Gasteiger charge is 2.32. The molecule has 2 aromatic rings. The van der Waals surface area contributed by atoms with Crippen molar-refractivity contribution in [3.63, 3.8) is 0 Å². The first-order valence-corrected chi connectivity index (χ1v) is 7.72. The van der Waals surface area contributed by atoms with E-state index in [2.05, 4.69) is 37.8 Å². The molecule has 0 aromatic carbocycles. The molecule has 0 spiro atoms. The third-order valence-electron chi connectivity index (χ3n) is 3.80. The van der Waals surface area contributed by atoms with E-state index in [0.29, 0.717) is 23.9 Å². The fourth-order valence-electron chi connectivity index (χ4n) is 2.64. The molecule has 7 nitrogen and oxygen atoms in total. The predicted molar refractivity (Wildman–Crippen MR) is 86.8 cm³/mol. The number of aromatic nitrogens is 3. The van der Waals surface area contributed by atoms with E-state index in [1.54, 1.807) is 6.08 Å². The Bertz CT molecular complexity index is 753. The van der Waals surface area contributed by atoms with Crippen LogP contribution in [0.3, 0.4) is 0 Å². The van der Waals surface area contributed by atoms with Crippen molar-refractivity contribution in [3.05, 3.63) is 29.1 Å². The Balaban J connectivity index is 2.09. The molecule has 1 amide bonds. The lowest BCUT2D eigenvalue weighted by molar-refractivity contribution is 0.191. The normalized spacial score (nSPS) is 15.7. The Kier molecular flexibility index (Phi) is 3.78. The molecular weight excluding hydrogens is 350 g/mol. The van der Waals surface area contributed by atoms with Gasteiger partial charge in [0, 0.05) is 12.1 Å². The quantitative estimate of drug-likeness (QED) is 0.705. The third kappa shape index (κ3) is 2.54. The predicted octanol–water partition coefficient (Wildman–Crippen LogP) is 2.48. The highest BCUT2D eigenvalue weighted by atomic mass is 79.9. The van der Waals surface area contributed by atoms with E-state index >= 15 is 0 Å². The summed E-state index contributed by atoms with van der Waals surface area (Å²) in [5, 5.41) is 12.2. The lowest BCUT2D eigenvalue weighted by atomic mass is 10.1. The first kappa shape index (κ1) is 14.8. The second-order valence-corrected chi connectivity index (χ2v) is 6.09. The fraction of sp³-hybridized carbons (Fsp3) is 0.357. The standard InChI is InChI=1S/C14H16BrN5O2/c1-2-8(19-14(21)22)5-20-11(15)9(7-3-4-7)10-12(16)17-6-18-13(10)20/h2,6-8,19H,1,3-5H2,(H,21,22)(H2,16,17,18). The van der Waals surface area contributed by atoms with E-state index in [1.807, 2.05) is 4.57 Å². The molecule has 1 atom stereocenters. The highest BCUT2D eigenvalue weighted by Crippen LogP contribution is 2.48. The van der Waals surface area contributed by atoms with E-state index < -0.39 is 12.1 Å². The van der Waals surface area contributed by atoms with Gasteiger partial charge in [0.15, 0.2) is 0 Å². The lowest BCUT2D eigenvalue weighted by Gasteiger charge is -2.15. The molecule has 1 aliphatic rings. The molecule has 0 saturated heterocycles. The summed E-state index contributed by atoms with van der Waals surface area (Å²) in [6.45, 7) is 4.06. The second kappa shape index (κ2) is 5.60. The molecule has 1 saturated carbocycles. The molecule has 2 aromatic heterocycles. The molecule has 0 radical (unpaired) electrons. The first-order chi connectivity index (χ1) is 10.5. The number of carboxylic acid groups (broad SMARTS) is 1. The number of carbonyl (C=O) groups is 1. The molecule has 2 heterocycles. The third-order valence-corrected chi connectivity index (χ3v) is 4.65. The van der Waals surface area contributed by atoms with Crippen LogP contribution >= 0.6 is 15.9 Å². The van der Waals surface area contributed by atoms with Gasteiger partial charge in [-0.25, -0.2) is 14.8 Å². The molecule has 1 unspecified atom stereocenters. The van der Waals surface area contributed by atoms with Crippen LogP contribution in [0.5, 0.6) is 0 Å². The summed E-state index contributed by atoms with van der Waals surface area (Å²) < 4.78 is 2.81. The maximum Gasteiger partial charge on any atom is 0.405 e. The summed E-state index contributed by atoms with van der Waals surface area (Å²) in [6, 6.07) is -0.423. The fourth-order valence-corrected chi connectivity index (χ4v) is 3.47. The maximum absolute atomic E-state index is 10.9. The van der Waals surface area contributed by atoms with Crippen LogP contribution in [-0.4, -0.2) is 31.8 Å². The van der Waals surface area contributed by atoms with Crippen LogP contribution in [0, 0.1) is 0 Å². The molecule has 22 heavy (non-hydrogen) atoms. The summed E-state index contributed by atoms with van der Waals surface area (Å²) in [5.74, 6) is 0.911. The molecule has 4 N–H and O–H groups in total. The number of amides is 1. The van der Waals surface area contributed by atoms with Crippen LogP contribution in [0.1, 0.15) is 24.3 Å². The Hall–Kier alpha value is -2.09. The minimum absolute atomic E-state index is 0.385. The first-order valence-electron chi connectivity index (χ1n) is 6.93. The number of nitrogens with one attached hydrogen (secondary N) is 1. The minimum atomic E-state index is -1.09. The van der Waals surface area contributed by atoms with Crippen molar-refractivity contribution < 1.29 is 9.90 Å². The Morgan fingerprint density at radius 2 is 2.36 bits per heavy atom. The largest absolute Gasteiger partial charge is 0.465 e. The van der Waals surface area contributed by atoms with Gasteiger partial charge in [0.25, 0.3) is 0 Å². The van der Waals surface area contributed by atoms with Crippen molar-refractivity contribution in [2.24, 2.45) is 0 Å². The molecule has 1 fully saturated rings. The number of nitrogens with zero attached hydrogens (tertiary/aromatic N) is 3. The van der Waals surface area contributed by atoms with Crippen molar-refractivity contribution in [3.8, 4) is 0 Å². The van der Waals surface area contributed by atoms with Crippen LogP contribution in [-0.2, 0) is 6.54 Å². The SMILES string of the molecule is C=CC(Cn1c(Br)c(C2CC2)c2c(N)ncnc21)NC(=O)O. The van der Waals surface area contributed by atoms with Crippen molar-refractivity contribution in [1.29, 1.82) is 0 Å². The second-order valence-electron chi connectivity index (χ2n) is 5.34. The van der Waals surface area contributed by atoms with Gasteiger partial charge in [-0.05, 0) is 34.7 Å². The van der Waals surface area contributed by atoms with Crippen molar-refractivity contribution in [2.45, 2.75) is 31.3 Å². The van der Waals surface area contributed by atoms with Crippen molar-refractivity contribution >= 4 is 38.9 Å². The monoisotopic (exact) mass is 365 g/mol. The van der Waals surface area contributed by atoms with Crippen molar-refractivity contribution in [1.82, 2.24) is 19.9 Å². The van der Waals surface area contributed by atoms with Gasteiger partial charge in [-0.15, -0.1) is 6.58 Å².